The highest BCUT2D eigenvalue weighted by molar-refractivity contribution is 7.99. The standard InChI is InChI=1S/C13H18ClNO2S/c1-3-6-15-13(16)9-18-8-10-7-11(14)4-5-12(10)17-2/h4-5,7H,3,6,8-9H2,1-2H3,(H,15,16). The maximum Gasteiger partial charge on any atom is 0.230 e. The molecule has 18 heavy (non-hydrogen) atoms. The molecule has 5 heteroatoms. The van der Waals surface area contributed by atoms with Crippen molar-refractivity contribution in [1.29, 1.82) is 0 Å². The lowest BCUT2D eigenvalue weighted by molar-refractivity contribution is -0.118. The van der Waals surface area contributed by atoms with Crippen molar-refractivity contribution in [1.82, 2.24) is 5.32 Å². The Bertz CT molecular complexity index is 399. The van der Waals surface area contributed by atoms with Crippen molar-refractivity contribution in [3.63, 3.8) is 0 Å². The molecule has 0 spiro atoms. The molecule has 0 heterocycles. The quantitative estimate of drug-likeness (QED) is 0.837. The third kappa shape index (κ3) is 5.19. The van der Waals surface area contributed by atoms with Crippen LogP contribution in [0, 0.1) is 0 Å². The molecule has 0 aliphatic rings. The summed E-state index contributed by atoms with van der Waals surface area (Å²) in [6.07, 6.45) is 0.957. The van der Waals surface area contributed by atoms with Crippen LogP contribution in [0.1, 0.15) is 18.9 Å². The molecule has 100 valence electrons. The first-order valence-electron chi connectivity index (χ1n) is 5.84. The number of methoxy groups -OCH3 is 1. The average molecular weight is 288 g/mol. The highest BCUT2D eigenvalue weighted by Gasteiger charge is 2.06. The summed E-state index contributed by atoms with van der Waals surface area (Å²) in [6, 6.07) is 5.51. The first-order valence-corrected chi connectivity index (χ1v) is 7.37. The highest BCUT2D eigenvalue weighted by atomic mass is 35.5. The average Bonchev–Trinajstić information content (AvgIpc) is 2.36. The molecular formula is C13H18ClNO2S. The lowest BCUT2D eigenvalue weighted by Crippen LogP contribution is -2.25. The number of ether oxygens (including phenoxy) is 1. The molecule has 0 aliphatic carbocycles. The number of nitrogens with one attached hydrogen (secondary N) is 1. The minimum atomic E-state index is 0.0721. The van der Waals surface area contributed by atoms with Crippen molar-refractivity contribution in [2.24, 2.45) is 0 Å². The van der Waals surface area contributed by atoms with Crippen LogP contribution >= 0.6 is 23.4 Å². The molecule has 0 unspecified atom stereocenters. The first kappa shape index (κ1) is 15.2. The Labute approximate surface area is 117 Å². The predicted octanol–water partition coefficient (Wildman–Crippen LogP) is 3.11. The smallest absolute Gasteiger partial charge is 0.230 e. The second-order valence-electron chi connectivity index (χ2n) is 3.80. The van der Waals surface area contributed by atoms with Gasteiger partial charge in [-0.05, 0) is 24.6 Å². The summed E-state index contributed by atoms with van der Waals surface area (Å²) in [5.41, 5.74) is 1.01. The van der Waals surface area contributed by atoms with Crippen molar-refractivity contribution in [3.8, 4) is 5.75 Å². The number of carbonyl (C=O) groups excluding carboxylic acids is 1. The van der Waals surface area contributed by atoms with E-state index in [1.807, 2.05) is 19.1 Å². The Morgan fingerprint density at radius 1 is 1.50 bits per heavy atom. The van der Waals surface area contributed by atoms with Crippen LogP contribution < -0.4 is 10.1 Å². The van der Waals surface area contributed by atoms with Gasteiger partial charge in [0.25, 0.3) is 0 Å². The van der Waals surface area contributed by atoms with Gasteiger partial charge in [-0.3, -0.25) is 4.79 Å². The van der Waals surface area contributed by atoms with Gasteiger partial charge in [0.05, 0.1) is 12.9 Å². The number of amides is 1. The summed E-state index contributed by atoms with van der Waals surface area (Å²) in [6.45, 7) is 2.77. The largest absolute Gasteiger partial charge is 0.496 e. The summed E-state index contributed by atoms with van der Waals surface area (Å²) in [5, 5.41) is 3.52. The van der Waals surface area contributed by atoms with Gasteiger partial charge in [0.2, 0.25) is 5.91 Å². The van der Waals surface area contributed by atoms with Crippen LogP contribution in [0.2, 0.25) is 5.02 Å². The van der Waals surface area contributed by atoms with Crippen LogP contribution in [-0.2, 0) is 10.5 Å². The molecule has 0 radical (unpaired) electrons. The number of hydrogen-bond acceptors (Lipinski definition) is 3. The normalized spacial score (nSPS) is 10.2. The molecule has 0 saturated heterocycles. The lowest BCUT2D eigenvalue weighted by Gasteiger charge is -2.08. The fourth-order valence-corrected chi connectivity index (χ4v) is 2.46. The Balaban J connectivity index is 2.43. The van der Waals surface area contributed by atoms with E-state index < -0.39 is 0 Å². The Hall–Kier alpha value is -0.870. The Morgan fingerprint density at radius 3 is 2.94 bits per heavy atom. The SMILES string of the molecule is CCCNC(=O)CSCc1cc(Cl)ccc1OC. The van der Waals surface area contributed by atoms with E-state index in [1.54, 1.807) is 24.9 Å². The zero-order valence-corrected chi connectivity index (χ0v) is 12.2. The summed E-state index contributed by atoms with van der Waals surface area (Å²) in [4.78, 5) is 11.4. The molecule has 0 fully saturated rings. The van der Waals surface area contributed by atoms with Crippen molar-refractivity contribution >= 4 is 29.3 Å². The number of carbonyl (C=O) groups is 1. The summed E-state index contributed by atoms with van der Waals surface area (Å²) >= 11 is 7.49. The molecule has 1 rings (SSSR count). The van der Waals surface area contributed by atoms with Gasteiger partial charge in [0.1, 0.15) is 5.75 Å². The second kappa shape index (κ2) is 8.27. The van der Waals surface area contributed by atoms with Crippen LogP contribution in [0.4, 0.5) is 0 Å². The Morgan fingerprint density at radius 2 is 2.28 bits per heavy atom. The molecule has 3 nitrogen and oxygen atoms in total. The third-order valence-corrected chi connectivity index (χ3v) is 3.52. The Kier molecular flexibility index (Phi) is 6.98. The lowest BCUT2D eigenvalue weighted by atomic mass is 10.2. The van der Waals surface area contributed by atoms with Gasteiger partial charge in [0.15, 0.2) is 0 Å². The van der Waals surface area contributed by atoms with Gasteiger partial charge in [-0.25, -0.2) is 0 Å². The minimum absolute atomic E-state index is 0.0721. The molecule has 1 aromatic rings. The zero-order valence-electron chi connectivity index (χ0n) is 10.7. The van der Waals surface area contributed by atoms with Gasteiger partial charge in [-0.1, -0.05) is 18.5 Å². The molecule has 0 saturated carbocycles. The van der Waals surface area contributed by atoms with Crippen LogP contribution in [0.25, 0.3) is 0 Å². The topological polar surface area (TPSA) is 38.3 Å². The first-order chi connectivity index (χ1) is 8.67. The van der Waals surface area contributed by atoms with Crippen LogP contribution in [0.3, 0.4) is 0 Å². The fraction of sp³-hybridized carbons (Fsp3) is 0.462. The van der Waals surface area contributed by atoms with Crippen molar-refractivity contribution in [3.05, 3.63) is 28.8 Å². The number of halogens is 1. The van der Waals surface area contributed by atoms with Gasteiger partial charge in [-0.15, -0.1) is 11.8 Å². The number of thioether (sulfide) groups is 1. The maximum absolute atomic E-state index is 11.4. The molecule has 1 N–H and O–H groups in total. The van der Waals surface area contributed by atoms with Gasteiger partial charge >= 0.3 is 0 Å². The van der Waals surface area contributed by atoms with Crippen molar-refractivity contribution in [2.75, 3.05) is 19.4 Å². The molecule has 1 aromatic carbocycles. The molecule has 1 amide bonds. The summed E-state index contributed by atoms with van der Waals surface area (Å²) in [5.74, 6) is 2.04. The van der Waals surface area contributed by atoms with Gasteiger partial charge < -0.3 is 10.1 Å². The number of benzene rings is 1. The van der Waals surface area contributed by atoms with E-state index in [4.69, 9.17) is 16.3 Å². The van der Waals surface area contributed by atoms with E-state index in [0.717, 1.165) is 24.3 Å². The van der Waals surface area contributed by atoms with E-state index in [0.29, 0.717) is 16.5 Å². The van der Waals surface area contributed by atoms with E-state index >= 15 is 0 Å². The van der Waals surface area contributed by atoms with Gasteiger partial charge in [0, 0.05) is 22.9 Å². The van der Waals surface area contributed by atoms with Crippen LogP contribution in [0.15, 0.2) is 18.2 Å². The van der Waals surface area contributed by atoms with E-state index in [2.05, 4.69) is 5.32 Å². The van der Waals surface area contributed by atoms with E-state index in [-0.39, 0.29) is 5.91 Å². The molecule has 0 atom stereocenters. The van der Waals surface area contributed by atoms with Crippen LogP contribution in [0.5, 0.6) is 5.75 Å². The molecule has 0 aliphatic heterocycles. The van der Waals surface area contributed by atoms with Gasteiger partial charge in [-0.2, -0.15) is 0 Å². The van der Waals surface area contributed by atoms with E-state index in [1.165, 1.54) is 0 Å². The van der Waals surface area contributed by atoms with Crippen molar-refractivity contribution < 1.29 is 9.53 Å². The molecular weight excluding hydrogens is 270 g/mol. The van der Waals surface area contributed by atoms with Crippen LogP contribution in [-0.4, -0.2) is 25.3 Å². The predicted molar refractivity (Wildman–Crippen MR) is 77.5 cm³/mol. The van der Waals surface area contributed by atoms with Crippen molar-refractivity contribution in [2.45, 2.75) is 19.1 Å². The third-order valence-electron chi connectivity index (χ3n) is 2.31. The zero-order chi connectivity index (χ0) is 13.4. The summed E-state index contributed by atoms with van der Waals surface area (Å²) in [7, 11) is 1.63. The minimum Gasteiger partial charge on any atom is -0.496 e. The second-order valence-corrected chi connectivity index (χ2v) is 5.22. The molecule has 0 aromatic heterocycles. The molecule has 0 bridgehead atoms. The maximum atomic E-state index is 11.4. The highest BCUT2D eigenvalue weighted by Crippen LogP contribution is 2.26. The van der Waals surface area contributed by atoms with E-state index in [9.17, 15) is 4.79 Å². The monoisotopic (exact) mass is 287 g/mol. The fourth-order valence-electron chi connectivity index (χ4n) is 1.43. The number of rotatable bonds is 7. The number of hydrogen-bond donors (Lipinski definition) is 1. The summed E-state index contributed by atoms with van der Waals surface area (Å²) < 4.78 is 5.25.